The summed E-state index contributed by atoms with van der Waals surface area (Å²) < 4.78 is 17.1. The zero-order chi connectivity index (χ0) is 31.5. The van der Waals surface area contributed by atoms with Gasteiger partial charge in [-0.3, -0.25) is 0 Å². The van der Waals surface area contributed by atoms with E-state index in [-0.39, 0.29) is 0 Å². The molecule has 0 fully saturated rings. The average Bonchev–Trinajstić information content (AvgIpc) is 3.88. The number of para-hydroxylation sites is 4. The molecular weight excluding hydrogens is 590 g/mol. The first-order valence-electron chi connectivity index (χ1n) is 16.0. The molecule has 0 amide bonds. The molecule has 0 atom stereocenters. The SMILES string of the molecule is N#Cc1c(-n2c3ccccc3c3c4c(ccc32)oc2ccccc24)cccc1-n1c2ccccc2c2c3c(ccc21)oc1ccccc13. The zero-order valence-corrected chi connectivity index (χ0v) is 25.4. The Bertz CT molecular complexity index is 2990. The molecule has 0 aliphatic carbocycles. The summed E-state index contributed by atoms with van der Waals surface area (Å²) in [7, 11) is 0. The molecule has 11 aromatic rings. The molecule has 0 radical (unpaired) electrons. The van der Waals surface area contributed by atoms with Gasteiger partial charge in [0, 0.05) is 43.1 Å². The number of hydrogen-bond donors (Lipinski definition) is 0. The van der Waals surface area contributed by atoms with Gasteiger partial charge >= 0.3 is 0 Å². The summed E-state index contributed by atoms with van der Waals surface area (Å²) in [5, 5.41) is 19.9. The topological polar surface area (TPSA) is 59.9 Å². The Balaban J connectivity index is 1.27. The highest BCUT2D eigenvalue weighted by Gasteiger charge is 2.24. The van der Waals surface area contributed by atoms with Crippen LogP contribution in [0.2, 0.25) is 0 Å². The monoisotopic (exact) mass is 613 g/mol. The summed E-state index contributed by atoms with van der Waals surface area (Å²) in [5.41, 5.74) is 9.80. The highest BCUT2D eigenvalue weighted by molar-refractivity contribution is 6.28. The van der Waals surface area contributed by atoms with Crippen LogP contribution < -0.4 is 0 Å². The van der Waals surface area contributed by atoms with E-state index in [1.807, 2.05) is 24.3 Å². The van der Waals surface area contributed by atoms with E-state index in [4.69, 9.17) is 8.83 Å². The molecule has 4 heterocycles. The second-order valence-electron chi connectivity index (χ2n) is 12.4. The van der Waals surface area contributed by atoms with Gasteiger partial charge in [0.1, 0.15) is 34.0 Å². The van der Waals surface area contributed by atoms with E-state index in [1.54, 1.807) is 0 Å². The van der Waals surface area contributed by atoms with Crippen LogP contribution in [0.1, 0.15) is 5.56 Å². The molecule has 0 aliphatic heterocycles. The molecular formula is C43H23N3O2. The molecule has 0 aliphatic rings. The van der Waals surface area contributed by atoms with Crippen molar-refractivity contribution in [2.24, 2.45) is 0 Å². The Morgan fingerprint density at radius 1 is 0.375 bits per heavy atom. The number of hydrogen-bond acceptors (Lipinski definition) is 3. The van der Waals surface area contributed by atoms with Crippen LogP contribution in [0.15, 0.2) is 148 Å². The number of furan rings is 2. The maximum Gasteiger partial charge on any atom is 0.136 e. The van der Waals surface area contributed by atoms with Crippen molar-refractivity contribution in [3.8, 4) is 17.4 Å². The van der Waals surface area contributed by atoms with Crippen LogP contribution in [0.25, 0.3) is 98.9 Å². The van der Waals surface area contributed by atoms with Gasteiger partial charge in [-0.15, -0.1) is 0 Å². The minimum absolute atomic E-state index is 0.595. The predicted molar refractivity (Wildman–Crippen MR) is 194 cm³/mol. The van der Waals surface area contributed by atoms with Crippen LogP contribution in [0.3, 0.4) is 0 Å². The Labute approximate surface area is 272 Å². The summed E-state index contributed by atoms with van der Waals surface area (Å²) in [6.45, 7) is 0. The van der Waals surface area contributed by atoms with Crippen LogP contribution in [0.4, 0.5) is 0 Å². The lowest BCUT2D eigenvalue weighted by Gasteiger charge is -2.15. The van der Waals surface area contributed by atoms with Crippen molar-refractivity contribution in [3.05, 3.63) is 145 Å². The summed E-state index contributed by atoms with van der Waals surface area (Å²) >= 11 is 0. The van der Waals surface area contributed by atoms with E-state index in [2.05, 4.69) is 130 Å². The van der Waals surface area contributed by atoms with Gasteiger partial charge in [0.05, 0.1) is 33.4 Å². The molecule has 5 heteroatoms. The van der Waals surface area contributed by atoms with Crippen LogP contribution in [0.5, 0.6) is 0 Å². The summed E-state index contributed by atoms with van der Waals surface area (Å²) in [6, 6.07) is 50.4. The van der Waals surface area contributed by atoms with Crippen molar-refractivity contribution in [2.75, 3.05) is 0 Å². The Hall–Kier alpha value is -6.77. The highest BCUT2D eigenvalue weighted by atomic mass is 16.3. The first-order chi connectivity index (χ1) is 23.8. The number of nitrogens with zero attached hydrogens (tertiary/aromatic N) is 3. The lowest BCUT2D eigenvalue weighted by Crippen LogP contribution is -2.03. The number of benzene rings is 7. The molecule has 0 spiro atoms. The predicted octanol–water partition coefficient (Wildman–Crippen LogP) is 11.6. The molecule has 0 bridgehead atoms. The third-order valence-corrected chi connectivity index (χ3v) is 9.97. The lowest BCUT2D eigenvalue weighted by atomic mass is 10.1. The van der Waals surface area contributed by atoms with Crippen LogP contribution in [-0.4, -0.2) is 9.13 Å². The number of fused-ring (bicyclic) bond motifs is 14. The Morgan fingerprint density at radius 2 is 0.812 bits per heavy atom. The van der Waals surface area contributed by atoms with Gasteiger partial charge in [0.25, 0.3) is 0 Å². The maximum absolute atomic E-state index is 11.0. The standard InChI is InChI=1S/C43H23N3O2/c44-24-29-32(45-30-14-5-1-10-25(30)40-34(45)20-22-38-42(40)27-12-3-7-18-36(27)47-38)16-9-17-33(29)46-31-15-6-2-11-26(31)41-35(46)21-23-39-43(41)28-13-4-8-19-37(28)48-39/h1-23H. The van der Waals surface area contributed by atoms with Crippen molar-refractivity contribution in [1.82, 2.24) is 9.13 Å². The fraction of sp³-hybridized carbons (Fsp3) is 0. The minimum Gasteiger partial charge on any atom is -0.456 e. The van der Waals surface area contributed by atoms with Crippen LogP contribution >= 0.6 is 0 Å². The van der Waals surface area contributed by atoms with Gasteiger partial charge in [-0.05, 0) is 60.7 Å². The molecule has 4 aromatic heterocycles. The third-order valence-electron chi connectivity index (χ3n) is 9.97. The van der Waals surface area contributed by atoms with Gasteiger partial charge < -0.3 is 18.0 Å². The quantitative estimate of drug-likeness (QED) is 0.195. The Kier molecular flexibility index (Phi) is 4.85. The molecule has 0 saturated heterocycles. The molecule has 0 saturated carbocycles. The van der Waals surface area contributed by atoms with E-state index < -0.39 is 0 Å². The second-order valence-corrected chi connectivity index (χ2v) is 12.4. The van der Waals surface area contributed by atoms with E-state index >= 15 is 0 Å². The van der Waals surface area contributed by atoms with E-state index in [0.717, 1.165) is 98.9 Å². The molecule has 48 heavy (non-hydrogen) atoms. The average molecular weight is 614 g/mol. The Morgan fingerprint density at radius 3 is 1.29 bits per heavy atom. The smallest absolute Gasteiger partial charge is 0.136 e. The first-order valence-corrected chi connectivity index (χ1v) is 16.0. The van der Waals surface area contributed by atoms with Crippen LogP contribution in [-0.2, 0) is 0 Å². The fourth-order valence-corrected chi connectivity index (χ4v) is 8.08. The van der Waals surface area contributed by atoms with E-state index in [9.17, 15) is 5.26 Å². The molecule has 11 rings (SSSR count). The molecule has 7 aromatic carbocycles. The number of rotatable bonds is 2. The lowest BCUT2D eigenvalue weighted by molar-refractivity contribution is 0.669. The van der Waals surface area contributed by atoms with Crippen molar-refractivity contribution in [2.45, 2.75) is 0 Å². The maximum atomic E-state index is 11.0. The van der Waals surface area contributed by atoms with Gasteiger partial charge in [-0.2, -0.15) is 5.26 Å². The zero-order valence-electron chi connectivity index (χ0n) is 25.4. The van der Waals surface area contributed by atoms with Gasteiger partial charge in [0.15, 0.2) is 0 Å². The minimum atomic E-state index is 0.595. The fourth-order valence-electron chi connectivity index (χ4n) is 8.08. The van der Waals surface area contributed by atoms with E-state index in [1.165, 1.54) is 0 Å². The van der Waals surface area contributed by atoms with Crippen molar-refractivity contribution in [3.63, 3.8) is 0 Å². The first kappa shape index (κ1) is 25.4. The van der Waals surface area contributed by atoms with Gasteiger partial charge in [0.2, 0.25) is 0 Å². The van der Waals surface area contributed by atoms with Gasteiger partial charge in [-0.25, -0.2) is 0 Å². The summed E-state index contributed by atoms with van der Waals surface area (Å²) in [4.78, 5) is 0. The normalized spacial score (nSPS) is 12.1. The largest absolute Gasteiger partial charge is 0.456 e. The van der Waals surface area contributed by atoms with Crippen molar-refractivity contribution >= 4 is 87.5 Å². The summed E-state index contributed by atoms with van der Waals surface area (Å²) in [5.74, 6) is 0. The third kappa shape index (κ3) is 3.14. The van der Waals surface area contributed by atoms with Crippen LogP contribution in [0, 0.1) is 11.3 Å². The summed E-state index contributed by atoms with van der Waals surface area (Å²) in [6.07, 6.45) is 0. The van der Waals surface area contributed by atoms with E-state index in [0.29, 0.717) is 5.56 Å². The highest BCUT2D eigenvalue weighted by Crippen LogP contribution is 2.44. The molecule has 0 unspecified atom stereocenters. The number of aromatic nitrogens is 2. The molecule has 222 valence electrons. The molecule has 5 nitrogen and oxygen atoms in total. The van der Waals surface area contributed by atoms with Crippen molar-refractivity contribution in [1.29, 1.82) is 5.26 Å². The number of nitriles is 1. The van der Waals surface area contributed by atoms with Crippen molar-refractivity contribution < 1.29 is 8.83 Å². The second kappa shape index (κ2) is 9.16. The van der Waals surface area contributed by atoms with Gasteiger partial charge in [-0.1, -0.05) is 78.9 Å². The molecule has 0 N–H and O–H groups in total.